The van der Waals surface area contributed by atoms with Crippen LogP contribution in [-0.2, 0) is 25.5 Å². The number of anilines is 2. The molecule has 2 aliphatic rings. The number of hydrogen-bond acceptors (Lipinski definition) is 8. The third-order valence-electron chi connectivity index (χ3n) is 4.44. The van der Waals surface area contributed by atoms with E-state index in [2.05, 4.69) is 34.3 Å². The molecule has 0 radical (unpaired) electrons. The molecule has 0 fully saturated rings. The van der Waals surface area contributed by atoms with Crippen molar-refractivity contribution < 1.29 is 19.1 Å². The number of aryl methyl sites for hydroxylation is 1. The van der Waals surface area contributed by atoms with E-state index in [1.165, 1.54) is 11.1 Å². The van der Waals surface area contributed by atoms with Crippen LogP contribution < -0.4 is 10.2 Å². The molecule has 1 aromatic rings. The summed E-state index contributed by atoms with van der Waals surface area (Å²) in [4.78, 5) is 32.3. The summed E-state index contributed by atoms with van der Waals surface area (Å²) in [5.41, 5.74) is 2.89. The molecule has 1 aromatic carbocycles. The second-order valence-corrected chi connectivity index (χ2v) is 7.25. The number of fused-ring (bicyclic) bond motifs is 3. The van der Waals surface area contributed by atoms with Crippen molar-refractivity contribution in [3.05, 3.63) is 29.5 Å². The lowest BCUT2D eigenvalue weighted by atomic mass is 10.1. The fourth-order valence-electron chi connectivity index (χ4n) is 3.09. The second-order valence-electron chi connectivity index (χ2n) is 6.25. The van der Waals surface area contributed by atoms with Gasteiger partial charge in [-0.3, -0.25) is 4.99 Å². The van der Waals surface area contributed by atoms with E-state index < -0.39 is 11.9 Å². The minimum atomic E-state index is -0.700. The summed E-state index contributed by atoms with van der Waals surface area (Å²) in [6, 6.07) is 4.20. The molecule has 3 rings (SSSR count). The van der Waals surface area contributed by atoms with Gasteiger partial charge < -0.3 is 19.7 Å². The van der Waals surface area contributed by atoms with Crippen molar-refractivity contribution >= 4 is 40.2 Å². The Morgan fingerprint density at radius 2 is 1.93 bits per heavy atom. The number of benzene rings is 1. The zero-order valence-electron chi connectivity index (χ0n) is 16.4. The van der Waals surface area contributed by atoms with Crippen LogP contribution in [0.2, 0.25) is 0 Å². The van der Waals surface area contributed by atoms with Crippen molar-refractivity contribution in [2.24, 2.45) is 4.99 Å². The average Bonchev–Trinajstić information content (AvgIpc) is 3.05. The fraction of sp³-hybridized carbons (Fsp3) is 0.450. The van der Waals surface area contributed by atoms with Gasteiger partial charge in [-0.2, -0.15) is 0 Å². The number of carbonyl (C=O) groups is 2. The number of amidine groups is 1. The number of rotatable bonds is 7. The first kappa shape index (κ1) is 20.3. The summed E-state index contributed by atoms with van der Waals surface area (Å²) in [5, 5.41) is 4.17. The largest absolute Gasteiger partial charge is 0.462 e. The van der Waals surface area contributed by atoms with Gasteiger partial charge in [0, 0.05) is 29.9 Å². The highest BCUT2D eigenvalue weighted by molar-refractivity contribution is 8.14. The van der Waals surface area contributed by atoms with E-state index in [1.54, 1.807) is 25.6 Å². The van der Waals surface area contributed by atoms with Crippen molar-refractivity contribution in [3.8, 4) is 0 Å². The van der Waals surface area contributed by atoms with Gasteiger partial charge in [0.2, 0.25) is 0 Å². The number of ether oxygens (including phenoxy) is 2. The lowest BCUT2D eigenvalue weighted by Gasteiger charge is -2.23. The topological polar surface area (TPSA) is 80.2 Å². The zero-order valence-corrected chi connectivity index (χ0v) is 17.2. The maximum absolute atomic E-state index is 12.2. The molecule has 0 saturated heterocycles. The van der Waals surface area contributed by atoms with Crippen LogP contribution in [0.3, 0.4) is 0 Å². The number of nitrogens with zero attached hydrogens (tertiary/aromatic N) is 2. The smallest absolute Gasteiger partial charge is 0.347 e. The number of hydrogen-bond donors (Lipinski definition) is 1. The molecule has 8 heteroatoms. The minimum Gasteiger partial charge on any atom is -0.462 e. The molecule has 0 aromatic heterocycles. The Labute approximate surface area is 169 Å². The Kier molecular flexibility index (Phi) is 6.61. The van der Waals surface area contributed by atoms with Crippen molar-refractivity contribution in [2.75, 3.05) is 36.5 Å². The Bertz CT molecular complexity index is 815. The Morgan fingerprint density at radius 1 is 1.21 bits per heavy atom. The number of carbonyl (C=O) groups excluding carboxylic acids is 2. The summed E-state index contributed by atoms with van der Waals surface area (Å²) in [6.45, 7) is 7.63. The maximum atomic E-state index is 12.2. The summed E-state index contributed by atoms with van der Waals surface area (Å²) in [6.07, 6.45) is 3.21. The summed E-state index contributed by atoms with van der Waals surface area (Å²) < 4.78 is 9.97. The van der Waals surface area contributed by atoms with Crippen LogP contribution in [0.4, 0.5) is 11.4 Å². The maximum Gasteiger partial charge on any atom is 0.347 e. The first-order chi connectivity index (χ1) is 13.6. The van der Waals surface area contributed by atoms with Gasteiger partial charge in [0.25, 0.3) is 0 Å². The normalized spacial score (nSPS) is 14.5. The first-order valence-corrected chi connectivity index (χ1v) is 10.4. The van der Waals surface area contributed by atoms with Crippen molar-refractivity contribution in [1.29, 1.82) is 0 Å². The SMILES string of the molecule is CCOC(=O)C(=CNc1cc2c(cc1CC)SC1=NCCCN12)C(=O)OCC. The molecule has 150 valence electrons. The average molecular weight is 404 g/mol. The van der Waals surface area contributed by atoms with Crippen molar-refractivity contribution in [2.45, 2.75) is 38.5 Å². The molecule has 0 unspecified atom stereocenters. The van der Waals surface area contributed by atoms with Crippen molar-refractivity contribution in [3.63, 3.8) is 0 Å². The van der Waals surface area contributed by atoms with Crippen LogP contribution in [0.5, 0.6) is 0 Å². The van der Waals surface area contributed by atoms with Gasteiger partial charge in [0.05, 0.1) is 18.9 Å². The molecule has 0 amide bonds. The summed E-state index contributed by atoms with van der Waals surface area (Å²) >= 11 is 1.69. The number of esters is 2. The monoisotopic (exact) mass is 403 g/mol. The lowest BCUT2D eigenvalue weighted by molar-refractivity contribution is -0.146. The molecule has 0 atom stereocenters. The van der Waals surface area contributed by atoms with Gasteiger partial charge in [-0.15, -0.1) is 0 Å². The van der Waals surface area contributed by atoms with E-state index in [0.29, 0.717) is 0 Å². The molecular formula is C20H25N3O4S. The zero-order chi connectivity index (χ0) is 20.1. The predicted molar refractivity (Wildman–Crippen MR) is 111 cm³/mol. The van der Waals surface area contributed by atoms with Crippen LogP contribution in [0.15, 0.2) is 33.8 Å². The second kappa shape index (κ2) is 9.14. The Hall–Kier alpha value is -2.48. The summed E-state index contributed by atoms with van der Waals surface area (Å²) in [7, 11) is 0. The van der Waals surface area contributed by atoms with Gasteiger partial charge in [-0.1, -0.05) is 6.92 Å². The first-order valence-electron chi connectivity index (χ1n) is 9.56. The molecule has 7 nitrogen and oxygen atoms in total. The third-order valence-corrected chi connectivity index (χ3v) is 5.52. The van der Waals surface area contributed by atoms with E-state index in [-0.39, 0.29) is 18.8 Å². The number of thioether (sulfide) groups is 1. The van der Waals surface area contributed by atoms with E-state index in [9.17, 15) is 9.59 Å². The molecule has 2 aliphatic heterocycles. The highest BCUT2D eigenvalue weighted by atomic mass is 32.2. The van der Waals surface area contributed by atoms with Crippen molar-refractivity contribution in [1.82, 2.24) is 0 Å². The molecule has 28 heavy (non-hydrogen) atoms. The van der Waals surface area contributed by atoms with Gasteiger partial charge >= 0.3 is 11.9 Å². The van der Waals surface area contributed by atoms with Crippen LogP contribution in [0.1, 0.15) is 32.8 Å². The van der Waals surface area contributed by atoms with E-state index in [0.717, 1.165) is 48.0 Å². The summed E-state index contributed by atoms with van der Waals surface area (Å²) in [5.74, 6) is -1.40. The van der Waals surface area contributed by atoms with Crippen LogP contribution >= 0.6 is 11.8 Å². The lowest BCUT2D eigenvalue weighted by Crippen LogP contribution is -2.30. The van der Waals surface area contributed by atoms with Crippen LogP contribution in [0.25, 0.3) is 0 Å². The quantitative estimate of drug-likeness (QED) is 0.324. The highest BCUT2D eigenvalue weighted by Crippen LogP contribution is 2.44. The molecule has 1 N–H and O–H groups in total. The highest BCUT2D eigenvalue weighted by Gasteiger charge is 2.29. The van der Waals surface area contributed by atoms with Gasteiger partial charge in [-0.25, -0.2) is 9.59 Å². The third kappa shape index (κ3) is 4.16. The van der Waals surface area contributed by atoms with Crippen LogP contribution in [0, 0.1) is 0 Å². The Morgan fingerprint density at radius 3 is 2.57 bits per heavy atom. The van der Waals surface area contributed by atoms with Gasteiger partial charge in [0.15, 0.2) is 10.7 Å². The molecule has 0 spiro atoms. The fourth-order valence-corrected chi connectivity index (χ4v) is 4.22. The molecule has 0 bridgehead atoms. The van der Waals surface area contributed by atoms with E-state index >= 15 is 0 Å². The number of nitrogens with one attached hydrogen (secondary N) is 1. The predicted octanol–water partition coefficient (Wildman–Crippen LogP) is 3.34. The van der Waals surface area contributed by atoms with Crippen LogP contribution in [-0.4, -0.2) is 43.4 Å². The molecule has 2 heterocycles. The van der Waals surface area contributed by atoms with Gasteiger partial charge in [0.1, 0.15) is 0 Å². The molecular weight excluding hydrogens is 378 g/mol. The molecule has 0 aliphatic carbocycles. The van der Waals surface area contributed by atoms with E-state index in [1.807, 2.05) is 0 Å². The molecule has 0 saturated carbocycles. The minimum absolute atomic E-state index is 0.152. The van der Waals surface area contributed by atoms with E-state index in [4.69, 9.17) is 9.47 Å². The number of aliphatic imine (C=N–C) groups is 1. The Balaban J connectivity index is 1.91. The standard InChI is InChI=1S/C20H25N3O4S/c1-4-13-10-17-16(23-9-7-8-21-20(23)28-17)11-15(13)22-12-14(18(24)26-5-2)19(25)27-6-3/h10-12,22H,4-9H2,1-3H3. The van der Waals surface area contributed by atoms with Gasteiger partial charge in [-0.05, 0) is 56.1 Å².